The van der Waals surface area contributed by atoms with E-state index in [0.717, 1.165) is 24.7 Å². The van der Waals surface area contributed by atoms with Crippen molar-refractivity contribution in [3.63, 3.8) is 0 Å². The van der Waals surface area contributed by atoms with Crippen molar-refractivity contribution in [3.8, 4) is 0 Å². The van der Waals surface area contributed by atoms with Crippen LogP contribution in [0.5, 0.6) is 0 Å². The van der Waals surface area contributed by atoms with E-state index in [-0.39, 0.29) is 12.1 Å². The highest BCUT2D eigenvalue weighted by Crippen LogP contribution is 2.15. The van der Waals surface area contributed by atoms with Crippen LogP contribution in [0.1, 0.15) is 32.2 Å². The van der Waals surface area contributed by atoms with Gasteiger partial charge in [0.25, 0.3) is 0 Å². The first-order valence-electron chi connectivity index (χ1n) is 10.3. The van der Waals surface area contributed by atoms with Crippen LogP contribution in [-0.2, 0) is 17.7 Å². The topological polar surface area (TPSA) is 83.8 Å². The highest BCUT2D eigenvalue weighted by atomic mass is 16.6. The minimum atomic E-state index is -0.473. The molecule has 1 aromatic heterocycles. The average molecular weight is 413 g/mol. The third-order valence-electron chi connectivity index (χ3n) is 4.74. The summed E-state index contributed by atoms with van der Waals surface area (Å²) < 4.78 is 7.55. The van der Waals surface area contributed by atoms with Gasteiger partial charge in [-0.2, -0.15) is 0 Å². The minimum absolute atomic E-state index is 0.170. The summed E-state index contributed by atoms with van der Waals surface area (Å²) in [7, 11) is 1.75. The summed E-state index contributed by atoms with van der Waals surface area (Å²) in [5, 5.41) is 6.68. The lowest BCUT2D eigenvalue weighted by Crippen LogP contribution is -2.63. The van der Waals surface area contributed by atoms with Crippen LogP contribution >= 0.6 is 0 Å². The van der Waals surface area contributed by atoms with E-state index in [9.17, 15) is 4.79 Å². The summed E-state index contributed by atoms with van der Waals surface area (Å²) in [4.78, 5) is 22.5. The smallest absolute Gasteiger partial charge is 0.410 e. The Balaban J connectivity index is 1.40. The molecule has 2 aromatic rings. The quantitative estimate of drug-likeness (QED) is 0.562. The SMILES string of the molecule is CN=C(NCCc1nccn1Cc1ccccc1)NC1CN(C(=O)OC(C)(C)C)C1. The molecule has 1 aliphatic heterocycles. The fourth-order valence-electron chi connectivity index (χ4n) is 3.22. The Morgan fingerprint density at radius 1 is 1.27 bits per heavy atom. The maximum Gasteiger partial charge on any atom is 0.410 e. The molecule has 0 radical (unpaired) electrons. The van der Waals surface area contributed by atoms with Crippen molar-refractivity contribution in [1.29, 1.82) is 0 Å². The molecule has 1 fully saturated rings. The number of imidazole rings is 1. The van der Waals surface area contributed by atoms with Crippen LogP contribution < -0.4 is 10.6 Å². The third-order valence-corrected chi connectivity index (χ3v) is 4.74. The number of guanidine groups is 1. The minimum Gasteiger partial charge on any atom is -0.444 e. The van der Waals surface area contributed by atoms with Crippen molar-refractivity contribution in [3.05, 3.63) is 54.1 Å². The number of hydrogen-bond donors (Lipinski definition) is 2. The number of nitrogens with zero attached hydrogens (tertiary/aromatic N) is 4. The molecule has 0 bridgehead atoms. The lowest BCUT2D eigenvalue weighted by molar-refractivity contribution is 0.00701. The van der Waals surface area contributed by atoms with Gasteiger partial charge in [0.05, 0.1) is 6.04 Å². The number of carbonyl (C=O) groups excluding carboxylic acids is 1. The van der Waals surface area contributed by atoms with Crippen molar-refractivity contribution < 1.29 is 9.53 Å². The molecule has 0 aliphatic carbocycles. The van der Waals surface area contributed by atoms with E-state index in [2.05, 4.69) is 37.3 Å². The van der Waals surface area contributed by atoms with Gasteiger partial charge in [0.2, 0.25) is 0 Å². The van der Waals surface area contributed by atoms with Crippen molar-refractivity contribution in [2.75, 3.05) is 26.7 Å². The van der Waals surface area contributed by atoms with Gasteiger partial charge < -0.3 is 24.8 Å². The number of nitrogens with one attached hydrogen (secondary N) is 2. The molecule has 0 saturated carbocycles. The molecule has 2 heterocycles. The first-order valence-corrected chi connectivity index (χ1v) is 10.3. The van der Waals surface area contributed by atoms with Crippen LogP contribution in [0.4, 0.5) is 4.79 Å². The van der Waals surface area contributed by atoms with Crippen LogP contribution in [0.25, 0.3) is 0 Å². The summed E-state index contributed by atoms with van der Waals surface area (Å²) >= 11 is 0. The molecular weight excluding hydrogens is 380 g/mol. The van der Waals surface area contributed by atoms with Crippen LogP contribution in [0.3, 0.4) is 0 Å². The monoisotopic (exact) mass is 412 g/mol. The summed E-state index contributed by atoms with van der Waals surface area (Å²) in [6, 6.07) is 10.5. The van der Waals surface area contributed by atoms with E-state index < -0.39 is 5.60 Å². The summed E-state index contributed by atoms with van der Waals surface area (Å²) in [5.41, 5.74) is 0.779. The third kappa shape index (κ3) is 6.23. The molecule has 0 spiro atoms. The fourth-order valence-corrected chi connectivity index (χ4v) is 3.22. The maximum atomic E-state index is 12.0. The van der Waals surface area contributed by atoms with Crippen LogP contribution in [0, 0.1) is 0 Å². The number of hydrogen-bond acceptors (Lipinski definition) is 4. The lowest BCUT2D eigenvalue weighted by Gasteiger charge is -2.40. The molecule has 3 rings (SSSR count). The molecule has 1 amide bonds. The van der Waals surface area contributed by atoms with E-state index in [1.165, 1.54) is 5.56 Å². The molecule has 0 unspecified atom stereocenters. The van der Waals surface area contributed by atoms with E-state index >= 15 is 0 Å². The number of aromatic nitrogens is 2. The second-order valence-electron chi connectivity index (χ2n) is 8.43. The highest BCUT2D eigenvalue weighted by Gasteiger charge is 2.34. The Kier molecular flexibility index (Phi) is 6.97. The van der Waals surface area contributed by atoms with E-state index in [1.807, 2.05) is 51.4 Å². The molecule has 1 aromatic carbocycles. The molecule has 8 nitrogen and oxygen atoms in total. The summed E-state index contributed by atoms with van der Waals surface area (Å²) in [6.07, 6.45) is 4.36. The molecule has 8 heteroatoms. The second-order valence-corrected chi connectivity index (χ2v) is 8.43. The zero-order chi connectivity index (χ0) is 21.6. The van der Waals surface area contributed by atoms with Crippen LogP contribution in [0.2, 0.25) is 0 Å². The van der Waals surface area contributed by atoms with Gasteiger partial charge in [0.15, 0.2) is 5.96 Å². The van der Waals surface area contributed by atoms with Crippen molar-refractivity contribution in [1.82, 2.24) is 25.1 Å². The molecular formula is C22H32N6O2. The summed E-state index contributed by atoms with van der Waals surface area (Å²) in [5.74, 6) is 1.76. The molecule has 1 saturated heterocycles. The number of benzene rings is 1. The Morgan fingerprint density at radius 3 is 2.67 bits per heavy atom. The van der Waals surface area contributed by atoms with Crippen molar-refractivity contribution >= 4 is 12.1 Å². The number of amides is 1. The van der Waals surface area contributed by atoms with E-state index in [0.29, 0.717) is 19.6 Å². The van der Waals surface area contributed by atoms with Crippen molar-refractivity contribution in [2.45, 2.75) is 45.4 Å². The Labute approximate surface area is 178 Å². The molecule has 2 N–H and O–H groups in total. The zero-order valence-electron chi connectivity index (χ0n) is 18.3. The number of rotatable bonds is 6. The predicted octanol–water partition coefficient (Wildman–Crippen LogP) is 2.26. The number of likely N-dealkylation sites (tertiary alicyclic amines) is 1. The Hall–Kier alpha value is -3.03. The Bertz CT molecular complexity index is 850. The number of carbonyl (C=O) groups is 1. The van der Waals surface area contributed by atoms with Crippen LogP contribution in [-0.4, -0.2) is 64.8 Å². The van der Waals surface area contributed by atoms with Gasteiger partial charge in [-0.1, -0.05) is 30.3 Å². The van der Waals surface area contributed by atoms with Gasteiger partial charge >= 0.3 is 6.09 Å². The standard InChI is InChI=1S/C22H32N6O2/c1-22(2,3)30-21(29)28-15-18(16-28)26-20(23-4)25-11-10-19-24-12-13-27(19)14-17-8-6-5-7-9-17/h5-9,12-13,18H,10-11,14-16H2,1-4H3,(H2,23,25,26). The maximum absolute atomic E-state index is 12.0. The number of ether oxygens (including phenoxy) is 1. The first-order chi connectivity index (χ1) is 14.3. The lowest BCUT2D eigenvalue weighted by atomic mass is 10.1. The van der Waals surface area contributed by atoms with Gasteiger partial charge in [-0.05, 0) is 26.3 Å². The molecule has 30 heavy (non-hydrogen) atoms. The van der Waals surface area contributed by atoms with E-state index in [1.54, 1.807) is 11.9 Å². The predicted molar refractivity (Wildman–Crippen MR) is 118 cm³/mol. The summed E-state index contributed by atoms with van der Waals surface area (Å²) in [6.45, 7) is 8.36. The van der Waals surface area contributed by atoms with Crippen molar-refractivity contribution in [2.24, 2.45) is 4.99 Å². The highest BCUT2D eigenvalue weighted by molar-refractivity contribution is 5.80. The largest absolute Gasteiger partial charge is 0.444 e. The van der Waals surface area contributed by atoms with Crippen LogP contribution in [0.15, 0.2) is 47.7 Å². The van der Waals surface area contributed by atoms with Gasteiger partial charge in [-0.25, -0.2) is 9.78 Å². The molecule has 162 valence electrons. The Morgan fingerprint density at radius 2 is 2.00 bits per heavy atom. The molecule has 1 aliphatic rings. The van der Waals surface area contributed by atoms with Gasteiger partial charge in [-0.15, -0.1) is 0 Å². The normalized spacial score (nSPS) is 14.9. The number of aliphatic imine (C=N–C) groups is 1. The fraction of sp³-hybridized carbons (Fsp3) is 0.500. The van der Waals surface area contributed by atoms with Gasteiger partial charge in [0.1, 0.15) is 11.4 Å². The van der Waals surface area contributed by atoms with E-state index in [4.69, 9.17) is 4.74 Å². The first kappa shape index (κ1) is 21.7. The average Bonchev–Trinajstić information content (AvgIpc) is 3.09. The van der Waals surface area contributed by atoms with Gasteiger partial charge in [-0.3, -0.25) is 4.99 Å². The zero-order valence-corrected chi connectivity index (χ0v) is 18.3. The van der Waals surface area contributed by atoms with Gasteiger partial charge in [0, 0.05) is 52.0 Å². The molecule has 0 atom stereocenters. The second kappa shape index (κ2) is 9.65.